The summed E-state index contributed by atoms with van der Waals surface area (Å²) in [5, 5.41) is 13.8. The van der Waals surface area contributed by atoms with Gasteiger partial charge in [0.25, 0.3) is 5.91 Å². The first kappa shape index (κ1) is 18.1. The van der Waals surface area contributed by atoms with Gasteiger partial charge in [0.05, 0.1) is 13.0 Å². The standard InChI is InChI=1S/C16H16N2O7S/c1-8(19)24-6-9-7-25-15-12(14(21)18(15)13(9)16(22)23)17-11(20)5-10-3-2-4-26-10/h2-4,12,15H,5-7H2,1H3,(H,17,20)(H,22,23)/t12-,15-/m1/s1. The smallest absolute Gasteiger partial charge is 0.352 e. The molecule has 3 heterocycles. The first-order valence-corrected chi connectivity index (χ1v) is 8.61. The number of thiophene rings is 1. The Morgan fingerprint density at radius 1 is 1.46 bits per heavy atom. The molecule has 2 N–H and O–H groups in total. The molecule has 2 aliphatic rings. The van der Waals surface area contributed by atoms with Crippen molar-refractivity contribution in [2.24, 2.45) is 0 Å². The first-order chi connectivity index (χ1) is 12.4. The number of amides is 2. The Hall–Kier alpha value is -2.72. The Balaban J connectivity index is 1.69. The zero-order valence-electron chi connectivity index (χ0n) is 13.8. The van der Waals surface area contributed by atoms with Crippen molar-refractivity contribution < 1.29 is 33.8 Å². The molecule has 0 bridgehead atoms. The molecule has 0 radical (unpaired) electrons. The van der Waals surface area contributed by atoms with Gasteiger partial charge in [-0.1, -0.05) is 6.07 Å². The summed E-state index contributed by atoms with van der Waals surface area (Å²) >= 11 is 1.43. The van der Waals surface area contributed by atoms with Gasteiger partial charge < -0.3 is 19.9 Å². The van der Waals surface area contributed by atoms with Gasteiger partial charge in [-0.15, -0.1) is 11.3 Å². The minimum absolute atomic E-state index is 0.110. The van der Waals surface area contributed by atoms with E-state index in [-0.39, 0.29) is 36.8 Å². The average Bonchev–Trinajstić information content (AvgIpc) is 3.09. The lowest BCUT2D eigenvalue weighted by atomic mass is 9.98. The number of carbonyl (C=O) groups is 4. The van der Waals surface area contributed by atoms with Crippen LogP contribution in [-0.2, 0) is 35.1 Å². The molecule has 10 heteroatoms. The van der Waals surface area contributed by atoms with E-state index in [4.69, 9.17) is 9.47 Å². The summed E-state index contributed by atoms with van der Waals surface area (Å²) in [7, 11) is 0. The van der Waals surface area contributed by atoms with Crippen LogP contribution in [0.2, 0.25) is 0 Å². The highest BCUT2D eigenvalue weighted by Gasteiger charge is 2.54. The predicted molar refractivity (Wildman–Crippen MR) is 87.8 cm³/mol. The van der Waals surface area contributed by atoms with Crippen LogP contribution in [0.15, 0.2) is 28.8 Å². The van der Waals surface area contributed by atoms with Crippen molar-refractivity contribution >= 4 is 35.1 Å². The van der Waals surface area contributed by atoms with E-state index in [0.717, 1.165) is 9.78 Å². The molecule has 3 rings (SSSR count). The maximum atomic E-state index is 12.4. The van der Waals surface area contributed by atoms with Crippen LogP contribution in [0.3, 0.4) is 0 Å². The van der Waals surface area contributed by atoms with Gasteiger partial charge >= 0.3 is 11.9 Å². The zero-order valence-corrected chi connectivity index (χ0v) is 14.6. The van der Waals surface area contributed by atoms with E-state index in [0.29, 0.717) is 0 Å². The number of hydrogen-bond acceptors (Lipinski definition) is 7. The molecule has 1 aromatic heterocycles. The van der Waals surface area contributed by atoms with Crippen molar-refractivity contribution in [3.05, 3.63) is 33.7 Å². The Bertz CT molecular complexity index is 787. The Morgan fingerprint density at radius 2 is 2.23 bits per heavy atom. The molecule has 0 spiro atoms. The third kappa shape index (κ3) is 3.46. The summed E-state index contributed by atoms with van der Waals surface area (Å²) in [6.45, 7) is 0.810. The van der Waals surface area contributed by atoms with Gasteiger partial charge in [-0.05, 0) is 11.4 Å². The number of carbonyl (C=O) groups excluding carboxylic acids is 3. The molecule has 0 saturated carbocycles. The van der Waals surface area contributed by atoms with E-state index in [9.17, 15) is 24.3 Å². The van der Waals surface area contributed by atoms with Crippen molar-refractivity contribution in [3.8, 4) is 0 Å². The van der Waals surface area contributed by atoms with E-state index in [1.165, 1.54) is 18.3 Å². The number of esters is 1. The molecule has 2 atom stereocenters. The van der Waals surface area contributed by atoms with Crippen molar-refractivity contribution in [2.75, 3.05) is 13.2 Å². The number of nitrogens with zero attached hydrogens (tertiary/aromatic N) is 1. The molecule has 2 aliphatic heterocycles. The van der Waals surface area contributed by atoms with Crippen LogP contribution in [-0.4, -0.2) is 59.2 Å². The highest BCUT2D eigenvalue weighted by Crippen LogP contribution is 2.33. The van der Waals surface area contributed by atoms with Gasteiger partial charge in [-0.3, -0.25) is 19.3 Å². The van der Waals surface area contributed by atoms with Crippen LogP contribution >= 0.6 is 11.3 Å². The average molecular weight is 380 g/mol. The number of aliphatic carboxylic acids is 1. The van der Waals surface area contributed by atoms with Gasteiger partial charge in [0, 0.05) is 17.4 Å². The molecule has 0 unspecified atom stereocenters. The Morgan fingerprint density at radius 3 is 2.85 bits per heavy atom. The van der Waals surface area contributed by atoms with Crippen LogP contribution in [0.4, 0.5) is 0 Å². The summed E-state index contributed by atoms with van der Waals surface area (Å²) in [4.78, 5) is 48.7. The Kier molecular flexibility index (Phi) is 5.05. The number of β-lactam (4-membered cyclic amide) rings is 1. The summed E-state index contributed by atoms with van der Waals surface area (Å²) < 4.78 is 10.3. The fourth-order valence-corrected chi connectivity index (χ4v) is 3.48. The largest absolute Gasteiger partial charge is 0.477 e. The highest BCUT2D eigenvalue weighted by molar-refractivity contribution is 7.10. The summed E-state index contributed by atoms with van der Waals surface area (Å²) in [5.41, 5.74) is -0.0862. The minimum Gasteiger partial charge on any atom is -0.477 e. The number of fused-ring (bicyclic) bond motifs is 1. The van der Waals surface area contributed by atoms with Crippen molar-refractivity contribution in [2.45, 2.75) is 25.6 Å². The SMILES string of the molecule is CC(=O)OCC1=C(C(=O)O)N2C(=O)[C@@H](NC(=O)Cc3cccs3)[C@H]2OC1. The maximum Gasteiger partial charge on any atom is 0.352 e. The molecule has 138 valence electrons. The van der Waals surface area contributed by atoms with Gasteiger partial charge in [0.1, 0.15) is 12.3 Å². The predicted octanol–water partition coefficient (Wildman–Crippen LogP) is -0.124. The molecular formula is C16H16N2O7S. The molecule has 2 amide bonds. The van der Waals surface area contributed by atoms with E-state index in [1.807, 2.05) is 17.5 Å². The molecular weight excluding hydrogens is 364 g/mol. The highest BCUT2D eigenvalue weighted by atomic mass is 32.1. The van der Waals surface area contributed by atoms with Gasteiger partial charge in [-0.2, -0.15) is 0 Å². The summed E-state index contributed by atoms with van der Waals surface area (Å²) in [5.74, 6) is -2.82. The van der Waals surface area contributed by atoms with Crippen LogP contribution in [0.1, 0.15) is 11.8 Å². The van der Waals surface area contributed by atoms with Gasteiger partial charge in [0.2, 0.25) is 5.91 Å². The third-order valence-electron chi connectivity index (χ3n) is 3.93. The lowest BCUT2D eigenvalue weighted by Crippen LogP contribution is -2.73. The van der Waals surface area contributed by atoms with E-state index >= 15 is 0 Å². The van der Waals surface area contributed by atoms with Gasteiger partial charge in [0.15, 0.2) is 12.3 Å². The second kappa shape index (κ2) is 7.26. The monoisotopic (exact) mass is 380 g/mol. The fraction of sp³-hybridized carbons (Fsp3) is 0.375. The van der Waals surface area contributed by atoms with Crippen LogP contribution in [0.5, 0.6) is 0 Å². The summed E-state index contributed by atoms with van der Waals surface area (Å²) in [6.07, 6.45) is -0.755. The summed E-state index contributed by atoms with van der Waals surface area (Å²) in [6, 6.07) is 2.69. The number of hydrogen-bond donors (Lipinski definition) is 2. The van der Waals surface area contributed by atoms with E-state index in [2.05, 4.69) is 5.32 Å². The second-order valence-electron chi connectivity index (χ2n) is 5.75. The number of rotatable bonds is 6. The van der Waals surface area contributed by atoms with Crippen LogP contribution in [0, 0.1) is 0 Å². The van der Waals surface area contributed by atoms with Crippen molar-refractivity contribution in [1.82, 2.24) is 10.2 Å². The van der Waals surface area contributed by atoms with Crippen LogP contribution in [0.25, 0.3) is 0 Å². The Labute approximate surface area is 152 Å². The molecule has 0 aliphatic carbocycles. The minimum atomic E-state index is -1.32. The van der Waals surface area contributed by atoms with E-state index in [1.54, 1.807) is 0 Å². The maximum absolute atomic E-state index is 12.4. The topological polar surface area (TPSA) is 122 Å². The fourth-order valence-electron chi connectivity index (χ4n) is 2.78. The van der Waals surface area contributed by atoms with Crippen molar-refractivity contribution in [3.63, 3.8) is 0 Å². The number of carboxylic acids is 1. The molecule has 1 saturated heterocycles. The second-order valence-corrected chi connectivity index (χ2v) is 6.78. The van der Waals surface area contributed by atoms with Gasteiger partial charge in [-0.25, -0.2) is 4.79 Å². The first-order valence-electron chi connectivity index (χ1n) is 7.73. The quantitative estimate of drug-likeness (QED) is 0.521. The normalized spacial score (nSPS) is 21.7. The van der Waals surface area contributed by atoms with E-state index < -0.39 is 30.1 Å². The molecule has 1 aromatic rings. The number of nitrogens with one attached hydrogen (secondary N) is 1. The third-order valence-corrected chi connectivity index (χ3v) is 4.81. The molecule has 9 nitrogen and oxygen atoms in total. The molecule has 1 fully saturated rings. The van der Waals surface area contributed by atoms with Crippen molar-refractivity contribution in [1.29, 1.82) is 0 Å². The number of carboxylic acid groups (broad SMARTS) is 1. The molecule has 26 heavy (non-hydrogen) atoms. The molecule has 0 aromatic carbocycles. The zero-order chi connectivity index (χ0) is 18.8. The van der Waals surface area contributed by atoms with Crippen LogP contribution < -0.4 is 5.32 Å². The number of ether oxygens (including phenoxy) is 2. The lowest BCUT2D eigenvalue weighted by molar-refractivity contribution is -0.185. The lowest BCUT2D eigenvalue weighted by Gasteiger charge is -2.49.